The van der Waals surface area contributed by atoms with Crippen LogP contribution in [0.3, 0.4) is 0 Å². The van der Waals surface area contributed by atoms with Crippen LogP contribution in [0, 0.1) is 6.92 Å². The first-order chi connectivity index (χ1) is 9.45. The SMILES string of the molecule is CCS(=O)(=O)c1ccccc1NCc1cnn(C)c1C. The lowest BCUT2D eigenvalue weighted by molar-refractivity contribution is 0.597. The van der Waals surface area contributed by atoms with Gasteiger partial charge in [0.25, 0.3) is 0 Å². The average molecular weight is 293 g/mol. The first-order valence-electron chi connectivity index (χ1n) is 6.49. The summed E-state index contributed by atoms with van der Waals surface area (Å²) in [6.07, 6.45) is 1.79. The Morgan fingerprint density at radius 2 is 2.00 bits per heavy atom. The normalized spacial score (nSPS) is 11.6. The van der Waals surface area contributed by atoms with Crippen LogP contribution in [0.25, 0.3) is 0 Å². The molecule has 0 aliphatic heterocycles. The molecular formula is C14H19N3O2S. The molecule has 6 heteroatoms. The molecule has 1 aromatic carbocycles. The minimum atomic E-state index is -3.22. The Kier molecular flexibility index (Phi) is 4.13. The summed E-state index contributed by atoms with van der Waals surface area (Å²) >= 11 is 0. The molecule has 0 fully saturated rings. The summed E-state index contributed by atoms with van der Waals surface area (Å²) in [5, 5.41) is 7.37. The van der Waals surface area contributed by atoms with Crippen molar-refractivity contribution in [2.45, 2.75) is 25.3 Å². The molecule has 0 spiro atoms. The summed E-state index contributed by atoms with van der Waals surface area (Å²) in [6.45, 7) is 4.19. The lowest BCUT2D eigenvalue weighted by atomic mass is 10.2. The molecule has 20 heavy (non-hydrogen) atoms. The van der Waals surface area contributed by atoms with Crippen molar-refractivity contribution in [2.24, 2.45) is 7.05 Å². The minimum absolute atomic E-state index is 0.0949. The van der Waals surface area contributed by atoms with Crippen LogP contribution in [-0.4, -0.2) is 24.0 Å². The van der Waals surface area contributed by atoms with Gasteiger partial charge in [0, 0.05) is 24.8 Å². The zero-order chi connectivity index (χ0) is 14.8. The van der Waals surface area contributed by atoms with E-state index in [2.05, 4.69) is 10.4 Å². The monoisotopic (exact) mass is 293 g/mol. The Labute approximate surface area is 119 Å². The fourth-order valence-electron chi connectivity index (χ4n) is 1.95. The molecule has 1 aromatic heterocycles. The first-order valence-corrected chi connectivity index (χ1v) is 8.14. The van der Waals surface area contributed by atoms with Gasteiger partial charge in [-0.15, -0.1) is 0 Å². The zero-order valence-electron chi connectivity index (χ0n) is 11.9. The van der Waals surface area contributed by atoms with Crippen molar-refractivity contribution in [1.82, 2.24) is 9.78 Å². The highest BCUT2D eigenvalue weighted by molar-refractivity contribution is 7.91. The van der Waals surface area contributed by atoms with Crippen LogP contribution in [0.15, 0.2) is 35.4 Å². The number of rotatable bonds is 5. The van der Waals surface area contributed by atoms with Crippen LogP contribution in [-0.2, 0) is 23.4 Å². The van der Waals surface area contributed by atoms with Gasteiger partial charge in [-0.2, -0.15) is 5.10 Å². The van der Waals surface area contributed by atoms with E-state index in [9.17, 15) is 8.42 Å². The molecule has 2 aromatic rings. The van der Waals surface area contributed by atoms with Crippen molar-refractivity contribution >= 4 is 15.5 Å². The molecule has 0 saturated carbocycles. The van der Waals surface area contributed by atoms with Gasteiger partial charge in [0.1, 0.15) is 0 Å². The second-order valence-corrected chi connectivity index (χ2v) is 6.88. The maximum absolute atomic E-state index is 12.0. The summed E-state index contributed by atoms with van der Waals surface area (Å²) in [6, 6.07) is 6.99. The summed E-state index contributed by atoms with van der Waals surface area (Å²) in [5.41, 5.74) is 2.75. The Morgan fingerprint density at radius 1 is 1.30 bits per heavy atom. The lowest BCUT2D eigenvalue weighted by Gasteiger charge is -2.11. The number of hydrogen-bond acceptors (Lipinski definition) is 4. The number of nitrogens with one attached hydrogen (secondary N) is 1. The fourth-order valence-corrected chi connectivity index (χ4v) is 3.02. The van der Waals surface area contributed by atoms with Crippen LogP contribution in [0.1, 0.15) is 18.2 Å². The third-order valence-electron chi connectivity index (χ3n) is 3.41. The minimum Gasteiger partial charge on any atom is -0.380 e. The zero-order valence-corrected chi connectivity index (χ0v) is 12.7. The molecule has 0 aliphatic carbocycles. The van der Waals surface area contributed by atoms with Crippen LogP contribution in [0.5, 0.6) is 0 Å². The predicted octanol–water partition coefficient (Wildman–Crippen LogP) is 2.13. The number of anilines is 1. The molecule has 0 saturated heterocycles. The number of nitrogens with zero attached hydrogens (tertiary/aromatic N) is 2. The van der Waals surface area contributed by atoms with E-state index in [-0.39, 0.29) is 5.75 Å². The molecule has 0 unspecified atom stereocenters. The first kappa shape index (κ1) is 14.6. The molecule has 0 amide bonds. The second-order valence-electron chi connectivity index (χ2n) is 4.63. The van der Waals surface area contributed by atoms with Gasteiger partial charge in [-0.3, -0.25) is 4.68 Å². The number of hydrogen-bond donors (Lipinski definition) is 1. The van der Waals surface area contributed by atoms with Gasteiger partial charge in [0.15, 0.2) is 9.84 Å². The molecule has 0 atom stereocenters. The smallest absolute Gasteiger partial charge is 0.180 e. The van der Waals surface area contributed by atoms with Gasteiger partial charge < -0.3 is 5.32 Å². The Morgan fingerprint density at radius 3 is 2.60 bits per heavy atom. The largest absolute Gasteiger partial charge is 0.380 e. The van der Waals surface area contributed by atoms with Gasteiger partial charge >= 0.3 is 0 Å². The average Bonchev–Trinajstić information content (AvgIpc) is 2.77. The highest BCUT2D eigenvalue weighted by atomic mass is 32.2. The van der Waals surface area contributed by atoms with E-state index < -0.39 is 9.84 Å². The quantitative estimate of drug-likeness (QED) is 0.917. The topological polar surface area (TPSA) is 64.0 Å². The van der Waals surface area contributed by atoms with Gasteiger partial charge in [0.2, 0.25) is 0 Å². The van der Waals surface area contributed by atoms with E-state index >= 15 is 0 Å². The number of benzene rings is 1. The van der Waals surface area contributed by atoms with Crippen LogP contribution in [0.2, 0.25) is 0 Å². The summed E-state index contributed by atoms with van der Waals surface area (Å²) < 4.78 is 25.9. The Balaban J connectivity index is 2.25. The molecule has 5 nitrogen and oxygen atoms in total. The van der Waals surface area contributed by atoms with Crippen molar-refractivity contribution in [3.05, 3.63) is 41.7 Å². The Bertz CT molecular complexity index is 705. The molecule has 0 aliphatic rings. The lowest BCUT2D eigenvalue weighted by Crippen LogP contribution is -2.09. The van der Waals surface area contributed by atoms with Crippen LogP contribution >= 0.6 is 0 Å². The summed E-state index contributed by atoms with van der Waals surface area (Å²) in [7, 11) is -1.34. The van der Waals surface area contributed by atoms with E-state index in [0.717, 1.165) is 11.3 Å². The maximum Gasteiger partial charge on any atom is 0.180 e. The highest BCUT2D eigenvalue weighted by Crippen LogP contribution is 2.22. The number of para-hydroxylation sites is 1. The van der Waals surface area contributed by atoms with Crippen LogP contribution < -0.4 is 5.32 Å². The van der Waals surface area contributed by atoms with E-state index in [4.69, 9.17) is 0 Å². The van der Waals surface area contributed by atoms with E-state index in [0.29, 0.717) is 17.1 Å². The van der Waals surface area contributed by atoms with Gasteiger partial charge in [-0.25, -0.2) is 8.42 Å². The van der Waals surface area contributed by atoms with Crippen molar-refractivity contribution in [3.8, 4) is 0 Å². The van der Waals surface area contributed by atoms with E-state index in [1.54, 1.807) is 36.0 Å². The summed E-state index contributed by atoms with van der Waals surface area (Å²) in [5.74, 6) is 0.0949. The third-order valence-corrected chi connectivity index (χ3v) is 5.19. The summed E-state index contributed by atoms with van der Waals surface area (Å²) in [4.78, 5) is 0.351. The standard InChI is InChI=1S/C14H19N3O2S/c1-4-20(18,19)14-8-6-5-7-13(14)15-9-12-10-16-17(3)11(12)2/h5-8,10,15H,4,9H2,1-3H3. The Hall–Kier alpha value is -1.82. The van der Waals surface area contributed by atoms with Crippen molar-refractivity contribution < 1.29 is 8.42 Å². The molecule has 108 valence electrons. The maximum atomic E-state index is 12.0. The van der Waals surface area contributed by atoms with Crippen LogP contribution in [0.4, 0.5) is 5.69 Å². The highest BCUT2D eigenvalue weighted by Gasteiger charge is 2.16. The molecular weight excluding hydrogens is 274 g/mol. The van der Waals surface area contributed by atoms with Crippen molar-refractivity contribution in [3.63, 3.8) is 0 Å². The number of aryl methyl sites for hydroxylation is 1. The molecule has 1 N–H and O–H groups in total. The third kappa shape index (κ3) is 2.85. The van der Waals surface area contributed by atoms with E-state index in [1.165, 1.54) is 0 Å². The van der Waals surface area contributed by atoms with Gasteiger partial charge in [-0.1, -0.05) is 19.1 Å². The van der Waals surface area contributed by atoms with E-state index in [1.807, 2.05) is 20.0 Å². The van der Waals surface area contributed by atoms with Gasteiger partial charge in [-0.05, 0) is 19.1 Å². The number of aromatic nitrogens is 2. The number of sulfone groups is 1. The van der Waals surface area contributed by atoms with Gasteiger partial charge in [0.05, 0.1) is 22.5 Å². The second kappa shape index (κ2) is 5.66. The fraction of sp³-hybridized carbons (Fsp3) is 0.357. The van der Waals surface area contributed by atoms with Crippen molar-refractivity contribution in [2.75, 3.05) is 11.1 Å². The van der Waals surface area contributed by atoms with Crippen molar-refractivity contribution in [1.29, 1.82) is 0 Å². The molecule has 0 radical (unpaired) electrons. The predicted molar refractivity (Wildman–Crippen MR) is 79.4 cm³/mol. The molecule has 1 heterocycles. The molecule has 0 bridgehead atoms. The molecule has 2 rings (SSSR count).